The van der Waals surface area contributed by atoms with Crippen LogP contribution in [-0.2, 0) is 0 Å². The minimum atomic E-state index is 0.736. The molecule has 1 aromatic heterocycles. The molecule has 2 rings (SSSR count). The molecular formula is C11H17NS. The quantitative estimate of drug-likeness (QED) is 0.774. The second-order valence-corrected chi connectivity index (χ2v) is 4.64. The van der Waals surface area contributed by atoms with Gasteiger partial charge in [0, 0.05) is 17.1 Å². The van der Waals surface area contributed by atoms with Crippen LogP contribution < -0.4 is 5.32 Å². The van der Waals surface area contributed by atoms with Gasteiger partial charge < -0.3 is 5.32 Å². The standard InChI is InChI=1S/C11H17NS/c1-2-9-4-3-5-11(9)12-10-6-7-13-8-10/h6-9,11-12H,2-5H2,1H3. The van der Waals surface area contributed by atoms with Gasteiger partial charge >= 0.3 is 0 Å². The summed E-state index contributed by atoms with van der Waals surface area (Å²) in [4.78, 5) is 0. The Hall–Kier alpha value is -0.500. The van der Waals surface area contributed by atoms with Crippen LogP contribution >= 0.6 is 11.3 Å². The average molecular weight is 195 g/mol. The van der Waals surface area contributed by atoms with Gasteiger partial charge in [-0.25, -0.2) is 0 Å². The zero-order valence-corrected chi connectivity index (χ0v) is 8.94. The highest BCUT2D eigenvalue weighted by atomic mass is 32.1. The lowest BCUT2D eigenvalue weighted by molar-refractivity contribution is 0.489. The first kappa shape index (κ1) is 9.07. The maximum atomic E-state index is 3.63. The lowest BCUT2D eigenvalue weighted by atomic mass is 10.0. The Kier molecular flexibility index (Phi) is 2.89. The Morgan fingerprint density at radius 3 is 3.15 bits per heavy atom. The Balaban J connectivity index is 1.94. The molecule has 2 heteroatoms. The monoisotopic (exact) mass is 195 g/mol. The summed E-state index contributed by atoms with van der Waals surface area (Å²) < 4.78 is 0. The Morgan fingerprint density at radius 2 is 2.46 bits per heavy atom. The second-order valence-electron chi connectivity index (χ2n) is 3.86. The molecule has 1 N–H and O–H groups in total. The molecule has 0 spiro atoms. The van der Waals surface area contributed by atoms with Crippen molar-refractivity contribution in [2.75, 3.05) is 5.32 Å². The maximum Gasteiger partial charge on any atom is 0.0451 e. The van der Waals surface area contributed by atoms with Crippen molar-refractivity contribution in [1.29, 1.82) is 0 Å². The van der Waals surface area contributed by atoms with Crippen molar-refractivity contribution in [2.45, 2.75) is 38.6 Å². The van der Waals surface area contributed by atoms with Crippen LogP contribution in [0.4, 0.5) is 5.69 Å². The molecule has 2 unspecified atom stereocenters. The molecule has 0 radical (unpaired) electrons. The van der Waals surface area contributed by atoms with Crippen LogP contribution in [-0.4, -0.2) is 6.04 Å². The zero-order chi connectivity index (χ0) is 9.10. The van der Waals surface area contributed by atoms with Gasteiger partial charge in [-0.2, -0.15) is 11.3 Å². The molecule has 72 valence electrons. The zero-order valence-electron chi connectivity index (χ0n) is 8.12. The predicted octanol–water partition coefficient (Wildman–Crippen LogP) is 3.74. The number of thiophene rings is 1. The molecule has 0 saturated heterocycles. The minimum absolute atomic E-state index is 0.736. The molecule has 1 heterocycles. The summed E-state index contributed by atoms with van der Waals surface area (Å²) in [6.07, 6.45) is 5.49. The van der Waals surface area contributed by atoms with Crippen molar-refractivity contribution >= 4 is 17.0 Å². The first-order valence-electron chi connectivity index (χ1n) is 5.19. The van der Waals surface area contributed by atoms with E-state index >= 15 is 0 Å². The van der Waals surface area contributed by atoms with Crippen molar-refractivity contribution in [3.05, 3.63) is 16.8 Å². The van der Waals surface area contributed by atoms with Crippen molar-refractivity contribution in [2.24, 2.45) is 5.92 Å². The summed E-state index contributed by atoms with van der Waals surface area (Å²) >= 11 is 1.77. The fourth-order valence-electron chi connectivity index (χ4n) is 2.28. The molecule has 13 heavy (non-hydrogen) atoms. The van der Waals surface area contributed by atoms with Crippen LogP contribution in [0.25, 0.3) is 0 Å². The van der Waals surface area contributed by atoms with Crippen LogP contribution in [0.5, 0.6) is 0 Å². The molecule has 1 aliphatic rings. The normalized spacial score (nSPS) is 27.8. The SMILES string of the molecule is CCC1CCCC1Nc1ccsc1. The van der Waals surface area contributed by atoms with E-state index in [0.29, 0.717) is 0 Å². The number of hydrogen-bond acceptors (Lipinski definition) is 2. The van der Waals surface area contributed by atoms with E-state index in [9.17, 15) is 0 Å². The van der Waals surface area contributed by atoms with Crippen molar-refractivity contribution in [3.8, 4) is 0 Å². The second kappa shape index (κ2) is 4.14. The number of anilines is 1. The van der Waals surface area contributed by atoms with E-state index in [0.717, 1.165) is 12.0 Å². The lowest BCUT2D eigenvalue weighted by Crippen LogP contribution is -2.22. The summed E-state index contributed by atoms with van der Waals surface area (Å²) in [7, 11) is 0. The van der Waals surface area contributed by atoms with Gasteiger partial charge in [-0.05, 0) is 30.2 Å². The van der Waals surface area contributed by atoms with Gasteiger partial charge in [0.25, 0.3) is 0 Å². The van der Waals surface area contributed by atoms with Crippen LogP contribution in [0.15, 0.2) is 16.8 Å². The average Bonchev–Trinajstić information content (AvgIpc) is 2.76. The van der Waals surface area contributed by atoms with Gasteiger partial charge in [-0.3, -0.25) is 0 Å². The van der Waals surface area contributed by atoms with Gasteiger partial charge in [0.2, 0.25) is 0 Å². The molecule has 1 aromatic rings. The molecule has 0 bridgehead atoms. The smallest absolute Gasteiger partial charge is 0.0451 e. The first-order chi connectivity index (χ1) is 6.40. The van der Waals surface area contributed by atoms with E-state index in [1.165, 1.54) is 31.4 Å². The van der Waals surface area contributed by atoms with Gasteiger partial charge in [0.15, 0.2) is 0 Å². The van der Waals surface area contributed by atoms with E-state index in [4.69, 9.17) is 0 Å². The fraction of sp³-hybridized carbons (Fsp3) is 0.636. The van der Waals surface area contributed by atoms with Crippen molar-refractivity contribution in [1.82, 2.24) is 0 Å². The summed E-state index contributed by atoms with van der Waals surface area (Å²) in [5.74, 6) is 0.903. The fourth-order valence-corrected chi connectivity index (χ4v) is 2.87. The topological polar surface area (TPSA) is 12.0 Å². The third kappa shape index (κ3) is 2.05. The summed E-state index contributed by atoms with van der Waals surface area (Å²) in [5.41, 5.74) is 1.32. The molecule has 2 atom stereocenters. The molecule has 0 aromatic carbocycles. The minimum Gasteiger partial charge on any atom is -0.381 e. The van der Waals surface area contributed by atoms with Gasteiger partial charge in [0.05, 0.1) is 0 Å². The molecule has 1 aliphatic carbocycles. The van der Waals surface area contributed by atoms with E-state index in [2.05, 4.69) is 29.1 Å². The summed E-state index contributed by atoms with van der Waals surface area (Å²) in [6.45, 7) is 2.30. The van der Waals surface area contributed by atoms with Crippen LogP contribution in [0.2, 0.25) is 0 Å². The summed E-state index contributed by atoms with van der Waals surface area (Å²) in [5, 5.41) is 7.97. The van der Waals surface area contributed by atoms with Crippen LogP contribution in [0.3, 0.4) is 0 Å². The lowest BCUT2D eigenvalue weighted by Gasteiger charge is -2.19. The highest BCUT2D eigenvalue weighted by Crippen LogP contribution is 2.31. The van der Waals surface area contributed by atoms with E-state index in [1.807, 2.05) is 0 Å². The third-order valence-corrected chi connectivity index (χ3v) is 3.74. The van der Waals surface area contributed by atoms with Crippen molar-refractivity contribution in [3.63, 3.8) is 0 Å². The molecule has 1 fully saturated rings. The third-order valence-electron chi connectivity index (χ3n) is 3.06. The molecule has 1 nitrogen and oxygen atoms in total. The van der Waals surface area contributed by atoms with E-state index < -0.39 is 0 Å². The Labute approximate surface area is 84.2 Å². The van der Waals surface area contributed by atoms with Gasteiger partial charge in [-0.1, -0.05) is 19.8 Å². The molecule has 1 saturated carbocycles. The molecule has 0 amide bonds. The van der Waals surface area contributed by atoms with Crippen LogP contribution in [0, 0.1) is 5.92 Å². The van der Waals surface area contributed by atoms with E-state index in [-0.39, 0.29) is 0 Å². The van der Waals surface area contributed by atoms with Crippen LogP contribution in [0.1, 0.15) is 32.6 Å². The van der Waals surface area contributed by atoms with Crippen molar-refractivity contribution < 1.29 is 0 Å². The van der Waals surface area contributed by atoms with E-state index in [1.54, 1.807) is 11.3 Å². The number of rotatable bonds is 3. The first-order valence-corrected chi connectivity index (χ1v) is 6.13. The number of hydrogen-bond donors (Lipinski definition) is 1. The molecule has 0 aliphatic heterocycles. The summed E-state index contributed by atoms with van der Waals surface area (Å²) in [6, 6.07) is 2.91. The highest BCUT2D eigenvalue weighted by molar-refractivity contribution is 7.08. The Morgan fingerprint density at radius 1 is 1.54 bits per heavy atom. The Bertz CT molecular complexity index is 243. The highest BCUT2D eigenvalue weighted by Gasteiger charge is 2.25. The van der Waals surface area contributed by atoms with Gasteiger partial charge in [-0.15, -0.1) is 0 Å². The largest absolute Gasteiger partial charge is 0.381 e. The van der Waals surface area contributed by atoms with Gasteiger partial charge in [0.1, 0.15) is 0 Å². The number of nitrogens with one attached hydrogen (secondary N) is 1. The molecular weight excluding hydrogens is 178 g/mol. The maximum absolute atomic E-state index is 3.63. The predicted molar refractivity (Wildman–Crippen MR) is 59.4 cm³/mol.